The summed E-state index contributed by atoms with van der Waals surface area (Å²) in [4.78, 5) is 23.4. The van der Waals surface area contributed by atoms with Crippen LogP contribution in [0.15, 0.2) is 24.3 Å². The third-order valence-electron chi connectivity index (χ3n) is 2.35. The van der Waals surface area contributed by atoms with Gasteiger partial charge in [0.25, 0.3) is 0 Å². The van der Waals surface area contributed by atoms with E-state index in [0.29, 0.717) is 5.56 Å². The number of hydrogen-bond acceptors (Lipinski definition) is 3. The van der Waals surface area contributed by atoms with E-state index in [1.165, 1.54) is 24.3 Å². The van der Waals surface area contributed by atoms with Gasteiger partial charge in [-0.3, -0.25) is 9.59 Å². The van der Waals surface area contributed by atoms with E-state index in [-0.39, 0.29) is 23.7 Å². The molecule has 0 radical (unpaired) electrons. The molecule has 0 heterocycles. The molecule has 16 heavy (non-hydrogen) atoms. The van der Waals surface area contributed by atoms with E-state index < -0.39 is 5.41 Å². The van der Waals surface area contributed by atoms with Gasteiger partial charge in [0.1, 0.15) is 11.5 Å². The van der Waals surface area contributed by atoms with Crippen LogP contribution in [0.25, 0.3) is 0 Å². The van der Waals surface area contributed by atoms with E-state index in [1.54, 1.807) is 20.8 Å². The molecule has 0 aromatic heterocycles. The topological polar surface area (TPSA) is 54.4 Å². The molecule has 1 rings (SSSR count). The zero-order valence-electron chi connectivity index (χ0n) is 9.78. The number of carbonyl (C=O) groups is 2. The quantitative estimate of drug-likeness (QED) is 0.629. The number of benzene rings is 1. The lowest BCUT2D eigenvalue weighted by Crippen LogP contribution is -2.23. The van der Waals surface area contributed by atoms with E-state index in [0.717, 1.165) is 0 Å². The van der Waals surface area contributed by atoms with Crippen molar-refractivity contribution in [2.75, 3.05) is 0 Å². The molecule has 0 aliphatic rings. The third kappa shape index (κ3) is 3.19. The van der Waals surface area contributed by atoms with Crippen LogP contribution in [0.5, 0.6) is 5.75 Å². The Hall–Kier alpha value is -1.64. The first-order valence-electron chi connectivity index (χ1n) is 5.16. The molecule has 1 aromatic rings. The number of aromatic hydroxyl groups is 1. The Morgan fingerprint density at radius 2 is 1.62 bits per heavy atom. The molecule has 0 aliphatic heterocycles. The van der Waals surface area contributed by atoms with Crippen molar-refractivity contribution < 1.29 is 14.7 Å². The van der Waals surface area contributed by atoms with Crippen LogP contribution in [0.4, 0.5) is 0 Å². The van der Waals surface area contributed by atoms with Crippen molar-refractivity contribution in [2.45, 2.75) is 27.2 Å². The second-order valence-electron chi connectivity index (χ2n) is 4.82. The molecule has 0 aliphatic carbocycles. The largest absolute Gasteiger partial charge is 0.508 e. The molecular weight excluding hydrogens is 204 g/mol. The molecule has 0 saturated carbocycles. The highest BCUT2D eigenvalue weighted by molar-refractivity contribution is 6.09. The summed E-state index contributed by atoms with van der Waals surface area (Å²) in [5.74, 6) is -0.177. The van der Waals surface area contributed by atoms with E-state index in [2.05, 4.69) is 0 Å². The minimum atomic E-state index is -0.493. The van der Waals surface area contributed by atoms with Crippen molar-refractivity contribution >= 4 is 11.6 Å². The van der Waals surface area contributed by atoms with Gasteiger partial charge >= 0.3 is 0 Å². The van der Waals surface area contributed by atoms with Crippen molar-refractivity contribution in [2.24, 2.45) is 5.41 Å². The molecule has 0 spiro atoms. The Kier molecular flexibility index (Phi) is 3.48. The first-order chi connectivity index (χ1) is 7.30. The van der Waals surface area contributed by atoms with E-state index in [9.17, 15) is 9.59 Å². The average molecular weight is 220 g/mol. The molecule has 0 saturated heterocycles. The molecule has 3 heteroatoms. The van der Waals surface area contributed by atoms with Gasteiger partial charge < -0.3 is 5.11 Å². The zero-order valence-corrected chi connectivity index (χ0v) is 9.78. The summed E-state index contributed by atoms with van der Waals surface area (Å²) >= 11 is 0. The van der Waals surface area contributed by atoms with E-state index in [4.69, 9.17) is 5.11 Å². The van der Waals surface area contributed by atoms with Gasteiger partial charge in [0.15, 0.2) is 5.78 Å². The molecule has 0 amide bonds. The first-order valence-corrected chi connectivity index (χ1v) is 5.16. The van der Waals surface area contributed by atoms with Crippen LogP contribution in [-0.4, -0.2) is 16.7 Å². The normalized spacial score (nSPS) is 11.2. The fraction of sp³-hybridized carbons (Fsp3) is 0.385. The lowest BCUT2D eigenvalue weighted by atomic mass is 9.87. The fourth-order valence-electron chi connectivity index (χ4n) is 1.16. The number of Topliss-reactive ketones (excluding diaryl/α,β-unsaturated/α-hetero) is 2. The lowest BCUT2D eigenvalue weighted by molar-refractivity contribution is -0.125. The van der Waals surface area contributed by atoms with Gasteiger partial charge in [-0.1, -0.05) is 20.8 Å². The van der Waals surface area contributed by atoms with Gasteiger partial charge in [0.2, 0.25) is 0 Å². The van der Waals surface area contributed by atoms with Crippen LogP contribution < -0.4 is 0 Å². The van der Waals surface area contributed by atoms with Crippen LogP contribution in [-0.2, 0) is 4.79 Å². The Bertz CT molecular complexity index is 396. The average Bonchev–Trinajstić information content (AvgIpc) is 2.17. The highest BCUT2D eigenvalue weighted by Gasteiger charge is 2.23. The SMILES string of the molecule is CC(C)(C)C(=O)CC(=O)c1ccc(O)cc1. The molecule has 0 unspecified atom stereocenters. The molecule has 1 N–H and O–H groups in total. The number of phenols is 1. The van der Waals surface area contributed by atoms with Crippen molar-refractivity contribution in [1.29, 1.82) is 0 Å². The number of phenolic OH excluding ortho intramolecular Hbond substituents is 1. The molecule has 0 bridgehead atoms. The Labute approximate surface area is 95.1 Å². The second-order valence-corrected chi connectivity index (χ2v) is 4.82. The van der Waals surface area contributed by atoms with Crippen LogP contribution in [0, 0.1) is 5.41 Å². The summed E-state index contributed by atoms with van der Waals surface area (Å²) in [6.45, 7) is 5.37. The third-order valence-corrected chi connectivity index (χ3v) is 2.35. The van der Waals surface area contributed by atoms with Crippen molar-refractivity contribution in [1.82, 2.24) is 0 Å². The molecular formula is C13H16O3. The standard InChI is InChI=1S/C13H16O3/c1-13(2,3)12(16)8-11(15)9-4-6-10(14)7-5-9/h4-7,14H,8H2,1-3H3. The van der Waals surface area contributed by atoms with E-state index in [1.807, 2.05) is 0 Å². The summed E-state index contributed by atoms with van der Waals surface area (Å²) < 4.78 is 0. The van der Waals surface area contributed by atoms with Crippen molar-refractivity contribution in [3.63, 3.8) is 0 Å². The van der Waals surface area contributed by atoms with Gasteiger partial charge in [-0.05, 0) is 24.3 Å². The van der Waals surface area contributed by atoms with Crippen LogP contribution in [0.3, 0.4) is 0 Å². The summed E-state index contributed by atoms with van der Waals surface area (Å²) in [5.41, 5.74) is -0.0394. The number of rotatable bonds is 3. The maximum Gasteiger partial charge on any atom is 0.170 e. The number of carbonyl (C=O) groups excluding carboxylic acids is 2. The molecule has 0 fully saturated rings. The Balaban J connectivity index is 2.74. The van der Waals surface area contributed by atoms with Gasteiger partial charge in [-0.15, -0.1) is 0 Å². The number of ketones is 2. The molecule has 86 valence electrons. The monoisotopic (exact) mass is 220 g/mol. The predicted octanol–water partition coefficient (Wildman–Crippen LogP) is 2.58. The van der Waals surface area contributed by atoms with Crippen LogP contribution >= 0.6 is 0 Å². The van der Waals surface area contributed by atoms with Gasteiger partial charge in [-0.25, -0.2) is 0 Å². The summed E-state index contributed by atoms with van der Waals surface area (Å²) in [6.07, 6.45) is -0.0890. The minimum Gasteiger partial charge on any atom is -0.508 e. The Morgan fingerprint density at radius 3 is 2.06 bits per heavy atom. The maximum atomic E-state index is 11.7. The van der Waals surface area contributed by atoms with Crippen molar-refractivity contribution in [3.05, 3.63) is 29.8 Å². The maximum absolute atomic E-state index is 11.7. The highest BCUT2D eigenvalue weighted by atomic mass is 16.3. The van der Waals surface area contributed by atoms with Crippen molar-refractivity contribution in [3.8, 4) is 5.75 Å². The molecule has 3 nitrogen and oxygen atoms in total. The fourth-order valence-corrected chi connectivity index (χ4v) is 1.16. The zero-order chi connectivity index (χ0) is 12.3. The van der Waals surface area contributed by atoms with Crippen LogP contribution in [0.1, 0.15) is 37.6 Å². The number of hydrogen-bond donors (Lipinski definition) is 1. The second kappa shape index (κ2) is 4.47. The Morgan fingerprint density at radius 1 is 1.12 bits per heavy atom. The van der Waals surface area contributed by atoms with Crippen LogP contribution in [0.2, 0.25) is 0 Å². The van der Waals surface area contributed by atoms with Gasteiger partial charge in [-0.2, -0.15) is 0 Å². The summed E-state index contributed by atoms with van der Waals surface area (Å²) in [6, 6.07) is 5.92. The lowest BCUT2D eigenvalue weighted by Gasteiger charge is -2.15. The predicted molar refractivity (Wildman–Crippen MR) is 61.5 cm³/mol. The summed E-state index contributed by atoms with van der Waals surface area (Å²) in [7, 11) is 0. The first kappa shape index (κ1) is 12.4. The van der Waals surface area contributed by atoms with E-state index >= 15 is 0 Å². The van der Waals surface area contributed by atoms with Gasteiger partial charge in [0, 0.05) is 11.0 Å². The minimum absolute atomic E-state index is 0.0782. The molecule has 0 atom stereocenters. The van der Waals surface area contributed by atoms with Gasteiger partial charge in [0.05, 0.1) is 6.42 Å². The highest BCUT2D eigenvalue weighted by Crippen LogP contribution is 2.19. The summed E-state index contributed by atoms with van der Waals surface area (Å²) in [5, 5.41) is 9.07. The molecule has 1 aromatic carbocycles. The smallest absolute Gasteiger partial charge is 0.170 e.